The maximum Gasteiger partial charge on any atom is 0.173 e. The third kappa shape index (κ3) is 4.22. The minimum atomic E-state index is -0.660. The van der Waals surface area contributed by atoms with Gasteiger partial charge in [-0.15, -0.1) is 0 Å². The summed E-state index contributed by atoms with van der Waals surface area (Å²) in [6.45, 7) is 3.61. The Morgan fingerprint density at radius 2 is 1.79 bits per heavy atom. The van der Waals surface area contributed by atoms with E-state index in [2.05, 4.69) is 0 Å². The van der Waals surface area contributed by atoms with E-state index in [1.54, 1.807) is 37.3 Å². The van der Waals surface area contributed by atoms with E-state index in [1.807, 2.05) is 19.1 Å². The van der Waals surface area contributed by atoms with Crippen LogP contribution in [0, 0.1) is 12.8 Å². The molecule has 4 heteroatoms. The van der Waals surface area contributed by atoms with E-state index in [0.717, 1.165) is 11.1 Å². The van der Waals surface area contributed by atoms with Gasteiger partial charge in [-0.3, -0.25) is 9.59 Å². The third-order valence-corrected chi connectivity index (χ3v) is 4.12. The van der Waals surface area contributed by atoms with Crippen molar-refractivity contribution < 1.29 is 19.4 Å². The summed E-state index contributed by atoms with van der Waals surface area (Å²) < 4.78 is 5.06. The second-order valence-electron chi connectivity index (χ2n) is 5.92. The van der Waals surface area contributed by atoms with Gasteiger partial charge in [0, 0.05) is 12.0 Å². The van der Waals surface area contributed by atoms with Crippen LogP contribution in [0.2, 0.25) is 0 Å². The van der Waals surface area contributed by atoms with Gasteiger partial charge >= 0.3 is 0 Å². The fourth-order valence-corrected chi connectivity index (χ4v) is 2.48. The molecular weight excluding hydrogens is 304 g/mol. The Kier molecular flexibility index (Phi) is 5.74. The lowest BCUT2D eigenvalue weighted by molar-refractivity contribution is -0.121. The molecule has 0 aliphatic heterocycles. The summed E-state index contributed by atoms with van der Waals surface area (Å²) in [6, 6.07) is 12.2. The molecule has 0 aliphatic carbocycles. The molecule has 0 fully saturated rings. The van der Waals surface area contributed by atoms with Gasteiger partial charge in [0.2, 0.25) is 0 Å². The number of methoxy groups -OCH3 is 1. The summed E-state index contributed by atoms with van der Waals surface area (Å²) in [4.78, 5) is 24.7. The van der Waals surface area contributed by atoms with Crippen LogP contribution in [0.5, 0.6) is 11.5 Å². The second-order valence-corrected chi connectivity index (χ2v) is 5.92. The summed E-state index contributed by atoms with van der Waals surface area (Å²) in [5, 5.41) is 9.58. The van der Waals surface area contributed by atoms with Gasteiger partial charge in [0.15, 0.2) is 17.3 Å². The number of phenols is 1. The van der Waals surface area contributed by atoms with Crippen molar-refractivity contribution in [3.8, 4) is 11.5 Å². The SMILES string of the molecule is COc1cc(CCC(=O)C(C)C(=O)c2ccc(C)cc2)ccc1O. The van der Waals surface area contributed by atoms with Gasteiger partial charge in [0.05, 0.1) is 13.0 Å². The van der Waals surface area contributed by atoms with E-state index in [-0.39, 0.29) is 23.7 Å². The highest BCUT2D eigenvalue weighted by Crippen LogP contribution is 2.27. The highest BCUT2D eigenvalue weighted by Gasteiger charge is 2.22. The fraction of sp³-hybridized carbons (Fsp3) is 0.300. The van der Waals surface area contributed by atoms with Crippen molar-refractivity contribution in [2.24, 2.45) is 5.92 Å². The lowest BCUT2D eigenvalue weighted by Gasteiger charge is -2.11. The predicted octanol–water partition coefficient (Wildman–Crippen LogP) is 3.73. The van der Waals surface area contributed by atoms with E-state index in [9.17, 15) is 14.7 Å². The summed E-state index contributed by atoms with van der Waals surface area (Å²) in [5.41, 5.74) is 2.52. The molecule has 2 aromatic rings. The van der Waals surface area contributed by atoms with Crippen molar-refractivity contribution in [2.75, 3.05) is 7.11 Å². The quantitative estimate of drug-likeness (QED) is 0.622. The van der Waals surface area contributed by atoms with Crippen molar-refractivity contribution in [1.82, 2.24) is 0 Å². The van der Waals surface area contributed by atoms with Gasteiger partial charge in [0.1, 0.15) is 5.78 Å². The largest absolute Gasteiger partial charge is 0.504 e. The molecule has 0 heterocycles. The maximum absolute atomic E-state index is 12.4. The van der Waals surface area contributed by atoms with Crippen LogP contribution in [-0.2, 0) is 11.2 Å². The molecule has 0 aliphatic rings. The smallest absolute Gasteiger partial charge is 0.173 e. The van der Waals surface area contributed by atoms with Gasteiger partial charge in [-0.2, -0.15) is 0 Å². The molecule has 1 N–H and O–H groups in total. The third-order valence-electron chi connectivity index (χ3n) is 4.12. The summed E-state index contributed by atoms with van der Waals surface area (Å²) in [7, 11) is 1.48. The number of benzene rings is 2. The van der Waals surface area contributed by atoms with E-state index < -0.39 is 5.92 Å². The van der Waals surface area contributed by atoms with Crippen LogP contribution in [0.4, 0.5) is 0 Å². The van der Waals surface area contributed by atoms with Gasteiger partial charge in [-0.05, 0) is 38.0 Å². The zero-order chi connectivity index (χ0) is 17.7. The Morgan fingerprint density at radius 3 is 2.42 bits per heavy atom. The molecule has 0 saturated heterocycles. The highest BCUT2D eigenvalue weighted by molar-refractivity contribution is 6.10. The average molecular weight is 326 g/mol. The Morgan fingerprint density at radius 1 is 1.12 bits per heavy atom. The van der Waals surface area contributed by atoms with Crippen LogP contribution in [-0.4, -0.2) is 23.8 Å². The maximum atomic E-state index is 12.4. The van der Waals surface area contributed by atoms with Crippen LogP contribution in [0.15, 0.2) is 42.5 Å². The van der Waals surface area contributed by atoms with Crippen LogP contribution in [0.1, 0.15) is 34.8 Å². The van der Waals surface area contributed by atoms with Crippen LogP contribution < -0.4 is 4.74 Å². The number of Topliss-reactive ketones (excluding diaryl/α,β-unsaturated/α-hetero) is 2. The van der Waals surface area contributed by atoms with Crippen LogP contribution in [0.3, 0.4) is 0 Å². The second kappa shape index (κ2) is 7.77. The van der Waals surface area contributed by atoms with Crippen LogP contribution >= 0.6 is 0 Å². The molecule has 0 spiro atoms. The molecule has 0 radical (unpaired) electrons. The van der Waals surface area contributed by atoms with E-state index in [1.165, 1.54) is 7.11 Å². The Labute approximate surface area is 142 Å². The number of hydrogen-bond donors (Lipinski definition) is 1. The van der Waals surface area contributed by atoms with Gasteiger partial charge in [-0.25, -0.2) is 0 Å². The van der Waals surface area contributed by atoms with Gasteiger partial charge < -0.3 is 9.84 Å². The molecule has 0 saturated carbocycles. The molecular formula is C20H22O4. The Hall–Kier alpha value is -2.62. The Balaban J connectivity index is 1.98. The van der Waals surface area contributed by atoms with Crippen molar-refractivity contribution in [1.29, 1.82) is 0 Å². The number of phenolic OH excluding ortho intramolecular Hbond substituents is 1. The number of aryl methyl sites for hydroxylation is 2. The lowest BCUT2D eigenvalue weighted by Crippen LogP contribution is -2.21. The van der Waals surface area contributed by atoms with E-state index >= 15 is 0 Å². The number of ketones is 2. The van der Waals surface area contributed by atoms with Crippen molar-refractivity contribution in [3.05, 3.63) is 59.2 Å². The minimum Gasteiger partial charge on any atom is -0.504 e. The van der Waals surface area contributed by atoms with Gasteiger partial charge in [-0.1, -0.05) is 35.9 Å². The lowest BCUT2D eigenvalue weighted by atomic mass is 9.92. The minimum absolute atomic E-state index is 0.0653. The monoisotopic (exact) mass is 326 g/mol. The Bertz CT molecular complexity index is 732. The van der Waals surface area contributed by atoms with E-state index in [0.29, 0.717) is 17.7 Å². The van der Waals surface area contributed by atoms with Crippen molar-refractivity contribution >= 4 is 11.6 Å². The molecule has 1 unspecified atom stereocenters. The molecule has 126 valence electrons. The average Bonchev–Trinajstić information content (AvgIpc) is 2.60. The zero-order valence-corrected chi connectivity index (χ0v) is 14.2. The standard InChI is InChI=1S/C20H22O4/c1-13-4-8-16(9-5-13)20(23)14(2)17(21)10-6-15-7-11-18(22)19(12-15)24-3/h4-5,7-9,11-12,14,22H,6,10H2,1-3H3. The molecule has 4 nitrogen and oxygen atoms in total. The van der Waals surface area contributed by atoms with Gasteiger partial charge in [0.25, 0.3) is 0 Å². The topological polar surface area (TPSA) is 63.6 Å². The molecule has 1 atom stereocenters. The molecule has 24 heavy (non-hydrogen) atoms. The van der Waals surface area contributed by atoms with Crippen molar-refractivity contribution in [2.45, 2.75) is 26.7 Å². The number of hydrogen-bond acceptors (Lipinski definition) is 4. The number of rotatable bonds is 7. The number of aromatic hydroxyl groups is 1. The first kappa shape index (κ1) is 17.7. The zero-order valence-electron chi connectivity index (χ0n) is 14.2. The molecule has 0 bridgehead atoms. The summed E-state index contributed by atoms with van der Waals surface area (Å²) in [6.07, 6.45) is 0.772. The molecule has 2 aromatic carbocycles. The first-order valence-corrected chi connectivity index (χ1v) is 7.92. The number of ether oxygens (including phenoxy) is 1. The van der Waals surface area contributed by atoms with Crippen molar-refractivity contribution in [3.63, 3.8) is 0 Å². The summed E-state index contributed by atoms with van der Waals surface area (Å²) >= 11 is 0. The first-order chi connectivity index (χ1) is 11.4. The molecule has 0 amide bonds. The predicted molar refractivity (Wildman–Crippen MR) is 92.7 cm³/mol. The molecule has 0 aromatic heterocycles. The summed E-state index contributed by atoms with van der Waals surface area (Å²) in [5.74, 6) is -0.457. The number of carbonyl (C=O) groups is 2. The highest BCUT2D eigenvalue weighted by atomic mass is 16.5. The van der Waals surface area contributed by atoms with E-state index in [4.69, 9.17) is 4.74 Å². The normalized spacial score (nSPS) is 11.8. The fourth-order valence-electron chi connectivity index (χ4n) is 2.48. The van der Waals surface area contributed by atoms with Crippen LogP contribution in [0.25, 0.3) is 0 Å². The molecule has 2 rings (SSSR count). The first-order valence-electron chi connectivity index (χ1n) is 7.92. The number of carbonyl (C=O) groups excluding carboxylic acids is 2.